The molecule has 2 aliphatic rings. The number of halogens is 2. The fourth-order valence-electron chi connectivity index (χ4n) is 5.62. The van der Waals surface area contributed by atoms with Gasteiger partial charge in [0.05, 0.1) is 48.3 Å². The van der Waals surface area contributed by atoms with Crippen LogP contribution in [0.15, 0.2) is 33.5 Å². The second-order valence-electron chi connectivity index (χ2n) is 10.1. The van der Waals surface area contributed by atoms with Crippen LogP contribution in [0.4, 0.5) is 0 Å². The molecular weight excluding hydrogens is 575 g/mol. The van der Waals surface area contributed by atoms with Crippen LogP contribution >= 0.6 is 24.8 Å². The minimum absolute atomic E-state index is 0. The second kappa shape index (κ2) is 14.9. The SMILES string of the molecule is Cl.Cl.O=C(O)c1ccc2oc3cc(CCCN4CCOCC4)c(C(=O)O)c(CCCN4CCOCC4)c3c(=O)c2c1. The van der Waals surface area contributed by atoms with Gasteiger partial charge in [0.15, 0.2) is 0 Å². The molecule has 0 unspecified atom stereocenters. The van der Waals surface area contributed by atoms with Crippen molar-refractivity contribution in [1.29, 1.82) is 0 Å². The van der Waals surface area contributed by atoms with E-state index in [4.69, 9.17) is 13.9 Å². The summed E-state index contributed by atoms with van der Waals surface area (Å²) >= 11 is 0. The van der Waals surface area contributed by atoms with Crippen LogP contribution < -0.4 is 5.43 Å². The van der Waals surface area contributed by atoms with Crippen LogP contribution in [0, 0.1) is 0 Å². The first-order chi connectivity index (χ1) is 18.9. The number of fused-ring (bicyclic) bond motifs is 2. The number of rotatable bonds is 10. The van der Waals surface area contributed by atoms with Crippen molar-refractivity contribution in [1.82, 2.24) is 9.80 Å². The van der Waals surface area contributed by atoms with E-state index in [2.05, 4.69) is 9.80 Å². The molecule has 3 aromatic rings. The van der Waals surface area contributed by atoms with Crippen molar-refractivity contribution in [2.45, 2.75) is 25.7 Å². The Hall–Kier alpha value is -2.73. The van der Waals surface area contributed by atoms with Crippen LogP contribution in [0.5, 0.6) is 0 Å². The first kappa shape index (κ1) is 32.8. The van der Waals surface area contributed by atoms with Gasteiger partial charge < -0.3 is 24.1 Å². The summed E-state index contributed by atoms with van der Waals surface area (Å²) in [5.41, 5.74) is 1.45. The number of carboxylic acids is 2. The molecule has 2 N–H and O–H groups in total. The molecule has 0 saturated carbocycles. The number of morpholine rings is 2. The van der Waals surface area contributed by atoms with E-state index < -0.39 is 17.4 Å². The van der Waals surface area contributed by atoms with Gasteiger partial charge in [-0.1, -0.05) is 0 Å². The number of aromatic carboxylic acids is 2. The molecule has 2 saturated heterocycles. The average molecular weight is 612 g/mol. The largest absolute Gasteiger partial charge is 0.478 e. The molecule has 3 heterocycles. The smallest absolute Gasteiger partial charge is 0.336 e. The van der Waals surface area contributed by atoms with Crippen molar-refractivity contribution in [2.24, 2.45) is 0 Å². The summed E-state index contributed by atoms with van der Waals surface area (Å²) in [5.74, 6) is -2.22. The fourth-order valence-corrected chi connectivity index (χ4v) is 5.62. The van der Waals surface area contributed by atoms with Gasteiger partial charge in [-0.2, -0.15) is 0 Å². The summed E-state index contributed by atoms with van der Waals surface area (Å²) in [4.78, 5) is 42.6. The molecule has 0 aliphatic carbocycles. The number of carboxylic acid groups (broad SMARTS) is 2. The lowest BCUT2D eigenvalue weighted by Gasteiger charge is -2.27. The van der Waals surface area contributed by atoms with E-state index in [1.54, 1.807) is 6.07 Å². The highest BCUT2D eigenvalue weighted by molar-refractivity contribution is 6.02. The number of nitrogens with zero attached hydrogens (tertiary/aromatic N) is 2. The van der Waals surface area contributed by atoms with Crippen molar-refractivity contribution in [2.75, 3.05) is 65.7 Å². The summed E-state index contributed by atoms with van der Waals surface area (Å²) in [6.07, 6.45) is 2.35. The lowest BCUT2D eigenvalue weighted by Crippen LogP contribution is -2.37. The molecule has 0 bridgehead atoms. The Labute approximate surface area is 250 Å². The lowest BCUT2D eigenvalue weighted by molar-refractivity contribution is 0.0374. The molecule has 12 heteroatoms. The molecule has 224 valence electrons. The molecule has 0 spiro atoms. The van der Waals surface area contributed by atoms with E-state index in [1.807, 2.05) is 0 Å². The van der Waals surface area contributed by atoms with Crippen LogP contribution in [0.1, 0.15) is 44.7 Å². The quantitative estimate of drug-likeness (QED) is 0.327. The highest BCUT2D eigenvalue weighted by Gasteiger charge is 2.24. The standard InChI is InChI=1S/C29H34N2O8.2ClH/c32-27-22-17-20(28(33)34)5-6-23(22)39-24-18-19(3-1-7-30-9-13-37-14-10-30)25(29(35)36)21(26(24)27)4-2-8-31-11-15-38-16-12-31;;/h5-6,17-18H,1-4,7-16H2,(H,33,34)(H,35,36);2*1H. The van der Waals surface area contributed by atoms with Gasteiger partial charge in [0.25, 0.3) is 0 Å². The van der Waals surface area contributed by atoms with Gasteiger partial charge in [0.2, 0.25) is 5.43 Å². The number of hydrogen-bond acceptors (Lipinski definition) is 8. The highest BCUT2D eigenvalue weighted by Crippen LogP contribution is 2.30. The highest BCUT2D eigenvalue weighted by atomic mass is 35.5. The van der Waals surface area contributed by atoms with E-state index in [-0.39, 0.29) is 52.3 Å². The molecule has 5 rings (SSSR count). The molecule has 10 nitrogen and oxygen atoms in total. The van der Waals surface area contributed by atoms with Crippen molar-refractivity contribution in [3.8, 4) is 0 Å². The van der Waals surface area contributed by atoms with Gasteiger partial charge >= 0.3 is 11.9 Å². The topological polar surface area (TPSA) is 130 Å². The van der Waals surface area contributed by atoms with E-state index in [0.29, 0.717) is 62.4 Å². The van der Waals surface area contributed by atoms with Gasteiger partial charge in [-0.3, -0.25) is 14.6 Å². The van der Waals surface area contributed by atoms with Crippen molar-refractivity contribution in [3.05, 3.63) is 56.7 Å². The first-order valence-electron chi connectivity index (χ1n) is 13.5. The summed E-state index contributed by atoms with van der Waals surface area (Å²) in [7, 11) is 0. The molecule has 0 radical (unpaired) electrons. The van der Waals surface area contributed by atoms with Crippen LogP contribution in [0.2, 0.25) is 0 Å². The number of ether oxygens (including phenoxy) is 2. The molecule has 41 heavy (non-hydrogen) atoms. The molecule has 1 aromatic heterocycles. The number of benzene rings is 2. The minimum atomic E-state index is -1.15. The molecule has 0 amide bonds. The molecule has 2 aliphatic heterocycles. The van der Waals surface area contributed by atoms with Crippen molar-refractivity contribution in [3.63, 3.8) is 0 Å². The number of hydrogen-bond donors (Lipinski definition) is 2. The summed E-state index contributed by atoms with van der Waals surface area (Å²) in [6, 6.07) is 5.88. The van der Waals surface area contributed by atoms with Crippen LogP contribution in [-0.4, -0.2) is 97.6 Å². The normalized spacial score (nSPS) is 16.3. The Kier molecular flexibility index (Phi) is 12.0. The summed E-state index contributed by atoms with van der Waals surface area (Å²) in [5, 5.41) is 20.2. The zero-order chi connectivity index (χ0) is 27.4. The van der Waals surface area contributed by atoms with E-state index in [1.165, 1.54) is 18.2 Å². The lowest BCUT2D eigenvalue weighted by atomic mass is 9.90. The minimum Gasteiger partial charge on any atom is -0.478 e. The molecular formula is C29H36Cl2N2O8. The zero-order valence-electron chi connectivity index (χ0n) is 22.8. The number of carbonyl (C=O) groups is 2. The zero-order valence-corrected chi connectivity index (χ0v) is 24.4. The maximum absolute atomic E-state index is 13.8. The Balaban J connectivity index is 0.00000231. The fraction of sp³-hybridized carbons (Fsp3) is 0.483. The van der Waals surface area contributed by atoms with Crippen molar-refractivity contribution < 1.29 is 33.7 Å². The summed E-state index contributed by atoms with van der Waals surface area (Å²) in [6.45, 7) is 7.67. The van der Waals surface area contributed by atoms with Gasteiger partial charge in [0.1, 0.15) is 11.2 Å². The average Bonchev–Trinajstić information content (AvgIpc) is 2.93. The van der Waals surface area contributed by atoms with Gasteiger partial charge in [-0.05, 0) is 74.2 Å². The van der Waals surface area contributed by atoms with E-state index >= 15 is 0 Å². The summed E-state index contributed by atoms with van der Waals surface area (Å²) < 4.78 is 17.0. The van der Waals surface area contributed by atoms with E-state index in [0.717, 1.165) is 45.7 Å². The molecule has 2 aromatic carbocycles. The van der Waals surface area contributed by atoms with Crippen LogP contribution in [0.25, 0.3) is 21.9 Å². The predicted molar refractivity (Wildman–Crippen MR) is 160 cm³/mol. The molecule has 0 atom stereocenters. The predicted octanol–water partition coefficient (Wildman–Crippen LogP) is 3.72. The Morgan fingerprint density at radius 2 is 1.37 bits per heavy atom. The van der Waals surface area contributed by atoms with Crippen LogP contribution in [0.3, 0.4) is 0 Å². The maximum Gasteiger partial charge on any atom is 0.336 e. The van der Waals surface area contributed by atoms with Gasteiger partial charge in [-0.25, -0.2) is 9.59 Å². The Morgan fingerprint density at radius 3 is 1.93 bits per heavy atom. The Morgan fingerprint density at radius 1 is 0.780 bits per heavy atom. The number of aryl methyl sites for hydroxylation is 2. The van der Waals surface area contributed by atoms with Crippen LogP contribution in [-0.2, 0) is 22.3 Å². The maximum atomic E-state index is 13.8. The monoisotopic (exact) mass is 610 g/mol. The van der Waals surface area contributed by atoms with Gasteiger partial charge in [-0.15, -0.1) is 24.8 Å². The third kappa shape index (κ3) is 7.57. The third-order valence-electron chi connectivity index (χ3n) is 7.64. The van der Waals surface area contributed by atoms with Gasteiger partial charge in [0, 0.05) is 26.2 Å². The molecule has 2 fully saturated rings. The third-order valence-corrected chi connectivity index (χ3v) is 7.64. The first-order valence-corrected chi connectivity index (χ1v) is 13.5. The Bertz CT molecular complexity index is 1430. The van der Waals surface area contributed by atoms with Crippen molar-refractivity contribution >= 4 is 58.7 Å². The van der Waals surface area contributed by atoms with E-state index in [9.17, 15) is 24.6 Å². The second-order valence-corrected chi connectivity index (χ2v) is 10.1.